The van der Waals surface area contributed by atoms with E-state index in [0.717, 1.165) is 0 Å². The van der Waals surface area contributed by atoms with Crippen LogP contribution in [-0.4, -0.2) is 54.6 Å². The molecule has 0 radical (unpaired) electrons. The second kappa shape index (κ2) is 8.04. The van der Waals surface area contributed by atoms with Crippen molar-refractivity contribution in [2.24, 2.45) is 0 Å². The number of hydrogen-bond acceptors (Lipinski definition) is 5. The summed E-state index contributed by atoms with van der Waals surface area (Å²) in [6.45, 7) is 0.527. The number of benzene rings is 2. The molecular weight excluding hydrogens is 429 g/mol. The van der Waals surface area contributed by atoms with Crippen molar-refractivity contribution in [2.75, 3.05) is 26.2 Å². The first kappa shape index (κ1) is 20.5. The van der Waals surface area contributed by atoms with Crippen LogP contribution in [-0.2, 0) is 10.0 Å². The average Bonchev–Trinajstić information content (AvgIpc) is 2.67. The molecule has 1 amide bonds. The Hall–Kier alpha value is -2.20. The minimum Gasteiger partial charge on any atom is -0.336 e. The zero-order chi connectivity index (χ0) is 20.5. The van der Waals surface area contributed by atoms with Crippen LogP contribution >= 0.6 is 23.2 Å². The van der Waals surface area contributed by atoms with Gasteiger partial charge in [0.2, 0.25) is 10.0 Å². The molecule has 0 spiro atoms. The minimum absolute atomic E-state index is 0.0388. The first-order valence-electron chi connectivity index (χ1n) is 8.19. The molecule has 0 aliphatic carbocycles. The molecule has 1 aliphatic heterocycles. The zero-order valence-electron chi connectivity index (χ0n) is 14.4. The molecule has 2 aromatic carbocycles. The monoisotopic (exact) mass is 443 g/mol. The van der Waals surface area contributed by atoms with E-state index in [1.54, 1.807) is 6.07 Å². The summed E-state index contributed by atoms with van der Waals surface area (Å²) in [6, 6.07) is 9.74. The number of nitro groups is 1. The van der Waals surface area contributed by atoms with E-state index in [1.165, 1.54) is 45.6 Å². The Bertz CT molecular complexity index is 999. The molecule has 3 rings (SSSR count). The molecule has 11 heteroatoms. The molecule has 0 aromatic heterocycles. The highest BCUT2D eigenvalue weighted by atomic mass is 35.5. The molecule has 8 nitrogen and oxygen atoms in total. The van der Waals surface area contributed by atoms with Gasteiger partial charge in [-0.05, 0) is 24.3 Å². The van der Waals surface area contributed by atoms with Crippen molar-refractivity contribution in [1.82, 2.24) is 9.21 Å². The summed E-state index contributed by atoms with van der Waals surface area (Å²) in [6.07, 6.45) is 0. The molecular formula is C17H15Cl2N3O5S. The summed E-state index contributed by atoms with van der Waals surface area (Å²) < 4.78 is 27.0. The highest BCUT2D eigenvalue weighted by Crippen LogP contribution is 2.32. The van der Waals surface area contributed by atoms with E-state index in [0.29, 0.717) is 5.56 Å². The lowest BCUT2D eigenvalue weighted by atomic mass is 10.1. The number of piperazine rings is 1. The van der Waals surface area contributed by atoms with E-state index in [1.807, 2.05) is 0 Å². The predicted molar refractivity (Wildman–Crippen MR) is 104 cm³/mol. The molecule has 0 saturated carbocycles. The van der Waals surface area contributed by atoms with Crippen molar-refractivity contribution in [3.05, 3.63) is 68.2 Å². The topological polar surface area (TPSA) is 101 Å². The Morgan fingerprint density at radius 2 is 1.50 bits per heavy atom. The van der Waals surface area contributed by atoms with E-state index < -0.39 is 14.9 Å². The van der Waals surface area contributed by atoms with Gasteiger partial charge in [-0.2, -0.15) is 4.31 Å². The number of carbonyl (C=O) groups excluding carboxylic acids is 1. The molecule has 1 aliphatic rings. The van der Waals surface area contributed by atoms with Gasteiger partial charge in [-0.15, -0.1) is 0 Å². The third kappa shape index (κ3) is 3.97. The number of amides is 1. The Morgan fingerprint density at radius 1 is 0.964 bits per heavy atom. The van der Waals surface area contributed by atoms with Crippen molar-refractivity contribution in [1.29, 1.82) is 0 Å². The van der Waals surface area contributed by atoms with Crippen LogP contribution < -0.4 is 0 Å². The number of nitro benzene ring substituents is 1. The van der Waals surface area contributed by atoms with Crippen molar-refractivity contribution >= 4 is 44.8 Å². The molecule has 28 heavy (non-hydrogen) atoms. The van der Waals surface area contributed by atoms with Crippen LogP contribution in [0.2, 0.25) is 10.0 Å². The third-order valence-corrected chi connectivity index (χ3v) is 7.22. The fraction of sp³-hybridized carbons (Fsp3) is 0.235. The SMILES string of the molecule is O=C(c1ccc([N+](=O)[O-])cc1)N1CCN(S(=O)(=O)c2c(Cl)cccc2Cl)CC1. The number of nitrogens with zero attached hydrogens (tertiary/aromatic N) is 3. The van der Waals surface area contributed by atoms with E-state index in [2.05, 4.69) is 0 Å². The fourth-order valence-corrected chi connectivity index (χ4v) is 5.41. The van der Waals surface area contributed by atoms with Gasteiger partial charge in [0.15, 0.2) is 0 Å². The summed E-state index contributed by atoms with van der Waals surface area (Å²) >= 11 is 12.0. The fourth-order valence-electron chi connectivity index (χ4n) is 2.90. The predicted octanol–water partition coefficient (Wildman–Crippen LogP) is 3.05. The lowest BCUT2D eigenvalue weighted by Crippen LogP contribution is -2.50. The van der Waals surface area contributed by atoms with Crippen molar-refractivity contribution in [3.8, 4) is 0 Å². The minimum atomic E-state index is -3.90. The average molecular weight is 444 g/mol. The van der Waals surface area contributed by atoms with Gasteiger partial charge in [-0.1, -0.05) is 29.3 Å². The van der Waals surface area contributed by atoms with Crippen LogP contribution in [0.5, 0.6) is 0 Å². The van der Waals surface area contributed by atoms with E-state index >= 15 is 0 Å². The first-order chi connectivity index (χ1) is 13.2. The number of halogens is 2. The lowest BCUT2D eigenvalue weighted by Gasteiger charge is -2.34. The van der Waals surface area contributed by atoms with Crippen LogP contribution in [0.25, 0.3) is 0 Å². The van der Waals surface area contributed by atoms with Crippen molar-refractivity contribution < 1.29 is 18.1 Å². The van der Waals surface area contributed by atoms with Crippen LogP contribution in [0.1, 0.15) is 10.4 Å². The van der Waals surface area contributed by atoms with Gasteiger partial charge in [0, 0.05) is 43.9 Å². The summed E-state index contributed by atoms with van der Waals surface area (Å²) in [7, 11) is -3.90. The van der Waals surface area contributed by atoms with Crippen LogP contribution in [0, 0.1) is 10.1 Å². The van der Waals surface area contributed by atoms with Gasteiger partial charge in [-0.3, -0.25) is 14.9 Å². The number of rotatable bonds is 4. The Labute approximate surface area is 171 Å². The Kier molecular flexibility index (Phi) is 5.90. The first-order valence-corrected chi connectivity index (χ1v) is 10.4. The van der Waals surface area contributed by atoms with Crippen LogP contribution in [0.15, 0.2) is 47.4 Å². The molecule has 0 N–H and O–H groups in total. The maximum absolute atomic E-state index is 12.9. The molecule has 1 heterocycles. The molecule has 2 aromatic rings. The molecule has 1 saturated heterocycles. The van der Waals surface area contributed by atoms with Gasteiger partial charge < -0.3 is 4.90 Å². The van der Waals surface area contributed by atoms with Gasteiger partial charge >= 0.3 is 0 Å². The smallest absolute Gasteiger partial charge is 0.269 e. The molecule has 0 bridgehead atoms. The zero-order valence-corrected chi connectivity index (χ0v) is 16.7. The molecule has 0 unspecified atom stereocenters. The summed E-state index contributed by atoms with van der Waals surface area (Å²) in [4.78, 5) is 24.1. The van der Waals surface area contributed by atoms with Gasteiger partial charge in [0.25, 0.3) is 11.6 Å². The Balaban J connectivity index is 1.72. The highest BCUT2D eigenvalue weighted by Gasteiger charge is 2.33. The molecule has 1 fully saturated rings. The second-order valence-electron chi connectivity index (χ2n) is 6.05. The summed E-state index contributed by atoms with van der Waals surface area (Å²) in [5.41, 5.74) is 0.195. The second-order valence-corrected chi connectivity index (χ2v) is 8.74. The maximum atomic E-state index is 12.9. The number of hydrogen-bond donors (Lipinski definition) is 0. The lowest BCUT2D eigenvalue weighted by molar-refractivity contribution is -0.384. The van der Waals surface area contributed by atoms with E-state index in [4.69, 9.17) is 23.2 Å². The highest BCUT2D eigenvalue weighted by molar-refractivity contribution is 7.89. The summed E-state index contributed by atoms with van der Waals surface area (Å²) in [5, 5.41) is 10.8. The number of sulfonamides is 1. The third-order valence-electron chi connectivity index (χ3n) is 4.37. The van der Waals surface area contributed by atoms with Crippen LogP contribution in [0.3, 0.4) is 0 Å². The van der Waals surface area contributed by atoms with E-state index in [9.17, 15) is 23.3 Å². The summed E-state index contributed by atoms with van der Waals surface area (Å²) in [5.74, 6) is -0.317. The maximum Gasteiger partial charge on any atom is 0.269 e. The normalized spacial score (nSPS) is 15.4. The Morgan fingerprint density at radius 3 is 2.00 bits per heavy atom. The van der Waals surface area contributed by atoms with Crippen molar-refractivity contribution in [3.63, 3.8) is 0 Å². The van der Waals surface area contributed by atoms with Gasteiger partial charge in [-0.25, -0.2) is 8.42 Å². The van der Waals surface area contributed by atoms with Crippen LogP contribution in [0.4, 0.5) is 5.69 Å². The standard InChI is InChI=1S/C17H15Cl2N3O5S/c18-14-2-1-3-15(19)16(14)28(26,27)21-10-8-20(9-11-21)17(23)12-4-6-13(7-5-12)22(24)25/h1-7H,8-11H2. The number of carbonyl (C=O) groups is 1. The van der Waals surface area contributed by atoms with E-state index in [-0.39, 0.29) is 52.7 Å². The van der Waals surface area contributed by atoms with Crippen molar-refractivity contribution in [2.45, 2.75) is 4.90 Å². The quantitative estimate of drug-likeness (QED) is 0.533. The number of non-ortho nitro benzene ring substituents is 1. The molecule has 148 valence electrons. The molecule has 0 atom stereocenters. The largest absolute Gasteiger partial charge is 0.336 e. The van der Waals surface area contributed by atoms with Gasteiger partial charge in [0.05, 0.1) is 15.0 Å². The van der Waals surface area contributed by atoms with Gasteiger partial charge in [0.1, 0.15) is 4.90 Å².